The van der Waals surface area contributed by atoms with Crippen molar-refractivity contribution < 1.29 is 24.0 Å². The predicted octanol–water partition coefficient (Wildman–Crippen LogP) is 4.67. The molecule has 0 fully saturated rings. The minimum atomic E-state index is -1.71. The average molecular weight is 491 g/mol. The third kappa shape index (κ3) is 6.88. The van der Waals surface area contributed by atoms with Crippen LogP contribution in [-0.2, 0) is 19.1 Å². The zero-order valence-corrected chi connectivity index (χ0v) is 22.7. The molecule has 1 aliphatic heterocycles. The molecule has 0 unspecified atom stereocenters. The number of allylic oxidation sites excluding steroid dienone is 2. The summed E-state index contributed by atoms with van der Waals surface area (Å²) < 4.78 is 11.3. The Bertz CT molecular complexity index is 967. The molecule has 180 valence electrons. The van der Waals surface area contributed by atoms with Crippen molar-refractivity contribution in [2.45, 2.75) is 59.0 Å². The first-order valence-electron chi connectivity index (χ1n) is 10.9. The maximum Gasteiger partial charge on any atom is 0.336 e. The van der Waals surface area contributed by atoms with Crippen LogP contribution in [0.3, 0.4) is 0 Å². The first-order chi connectivity index (χ1) is 15.1. The first kappa shape index (κ1) is 26.5. The summed E-state index contributed by atoms with van der Waals surface area (Å²) in [7, 11) is -3.43. The van der Waals surface area contributed by atoms with Crippen molar-refractivity contribution in [3.8, 4) is 0 Å². The highest BCUT2D eigenvalue weighted by Crippen LogP contribution is 2.42. The molecule has 1 aliphatic rings. The van der Waals surface area contributed by atoms with E-state index in [9.17, 15) is 19.7 Å². The van der Waals surface area contributed by atoms with Crippen LogP contribution in [-0.4, -0.2) is 45.5 Å². The van der Waals surface area contributed by atoms with Crippen LogP contribution in [0.1, 0.15) is 25.3 Å². The molecule has 2 rings (SSSR count). The van der Waals surface area contributed by atoms with Crippen LogP contribution in [0.2, 0.25) is 39.3 Å². The molecule has 0 saturated heterocycles. The number of carbonyl (C=O) groups is 2. The van der Waals surface area contributed by atoms with Crippen molar-refractivity contribution >= 4 is 33.8 Å². The van der Waals surface area contributed by atoms with E-state index in [1.807, 2.05) is 0 Å². The summed E-state index contributed by atoms with van der Waals surface area (Å²) in [5, 5.41) is 14.9. The lowest BCUT2D eigenvalue weighted by Gasteiger charge is -2.31. The number of hydrogen-bond acceptors (Lipinski definition) is 7. The van der Waals surface area contributed by atoms with Crippen LogP contribution in [0.4, 0.5) is 5.69 Å². The monoisotopic (exact) mass is 490 g/mol. The van der Waals surface area contributed by atoms with Crippen LogP contribution in [0.25, 0.3) is 0 Å². The zero-order chi connectivity index (χ0) is 25.1. The SMILES string of the molecule is CC1=C(C(=O)OC[Si](C)(C)C)C(c2ccccc2[N+](=O)[O-])C(C(=O)OC[Si](C)(C)C)=C(C)N1. The summed E-state index contributed by atoms with van der Waals surface area (Å²) in [6.07, 6.45) is 0.592. The number of carbonyl (C=O) groups excluding carboxylic acids is 2. The summed E-state index contributed by atoms with van der Waals surface area (Å²) in [5.74, 6) is -2.15. The Balaban J connectivity index is 2.64. The lowest BCUT2D eigenvalue weighted by atomic mass is 9.79. The molecular formula is C23H34N2O6Si2. The summed E-state index contributed by atoms with van der Waals surface area (Å²) in [4.78, 5) is 37.9. The highest BCUT2D eigenvalue weighted by molar-refractivity contribution is 6.76. The fourth-order valence-electron chi connectivity index (χ4n) is 3.46. The molecule has 33 heavy (non-hydrogen) atoms. The van der Waals surface area contributed by atoms with Gasteiger partial charge in [-0.05, 0) is 13.8 Å². The molecule has 0 aliphatic carbocycles. The van der Waals surface area contributed by atoms with Gasteiger partial charge in [-0.25, -0.2) is 9.59 Å². The van der Waals surface area contributed by atoms with Crippen LogP contribution in [0, 0.1) is 10.1 Å². The number of benzene rings is 1. The second kappa shape index (κ2) is 10.0. The Morgan fingerprint density at radius 2 is 1.33 bits per heavy atom. The standard InChI is InChI=1S/C23H34N2O6Si2/c1-15-19(22(26)30-13-32(3,4)5)21(17-11-9-10-12-18(17)25(28)29)20(16(2)24-15)23(27)31-14-33(6,7)8/h9-12,21,24H,13-14H2,1-8H3. The summed E-state index contributed by atoms with van der Waals surface area (Å²) in [6, 6.07) is 6.16. The molecule has 8 nitrogen and oxygen atoms in total. The van der Waals surface area contributed by atoms with Gasteiger partial charge in [0.2, 0.25) is 0 Å². The Morgan fingerprint density at radius 1 is 0.909 bits per heavy atom. The van der Waals surface area contributed by atoms with E-state index < -0.39 is 38.9 Å². The van der Waals surface area contributed by atoms with Gasteiger partial charge >= 0.3 is 11.9 Å². The Labute approximate surface area is 197 Å². The largest absolute Gasteiger partial charge is 0.466 e. The van der Waals surface area contributed by atoms with Crippen molar-refractivity contribution in [3.05, 3.63) is 62.5 Å². The first-order valence-corrected chi connectivity index (χ1v) is 18.3. The number of nitro groups is 1. The van der Waals surface area contributed by atoms with E-state index in [4.69, 9.17) is 9.47 Å². The molecule has 1 aromatic carbocycles. The molecule has 0 saturated carbocycles. The lowest BCUT2D eigenvalue weighted by molar-refractivity contribution is -0.385. The third-order valence-electron chi connectivity index (χ3n) is 4.92. The molecule has 0 amide bonds. The predicted molar refractivity (Wildman–Crippen MR) is 133 cm³/mol. The minimum absolute atomic E-state index is 0.170. The Hall–Kier alpha value is -2.73. The van der Waals surface area contributed by atoms with Gasteiger partial charge in [0.25, 0.3) is 5.69 Å². The van der Waals surface area contributed by atoms with Gasteiger partial charge < -0.3 is 14.8 Å². The summed E-state index contributed by atoms with van der Waals surface area (Å²) >= 11 is 0. The number of nitrogens with one attached hydrogen (secondary N) is 1. The molecular weight excluding hydrogens is 456 g/mol. The van der Waals surface area contributed by atoms with Crippen LogP contribution in [0.5, 0.6) is 0 Å². The molecule has 0 spiro atoms. The number of rotatable bonds is 8. The van der Waals surface area contributed by atoms with E-state index >= 15 is 0 Å². The maximum absolute atomic E-state index is 13.3. The quantitative estimate of drug-likeness (QED) is 0.244. The van der Waals surface area contributed by atoms with E-state index in [0.29, 0.717) is 23.9 Å². The number of nitrogens with zero attached hydrogens (tertiary/aromatic N) is 1. The average Bonchev–Trinajstić information content (AvgIpc) is 2.68. The van der Waals surface area contributed by atoms with Gasteiger partial charge in [-0.1, -0.05) is 57.5 Å². The fraction of sp³-hybridized carbons (Fsp3) is 0.478. The number of dihydropyridines is 1. The van der Waals surface area contributed by atoms with Gasteiger partial charge in [-0.3, -0.25) is 10.1 Å². The second-order valence-corrected chi connectivity index (χ2v) is 21.5. The van der Waals surface area contributed by atoms with Gasteiger partial charge in [0.15, 0.2) is 0 Å². The van der Waals surface area contributed by atoms with Crippen LogP contribution < -0.4 is 5.32 Å². The van der Waals surface area contributed by atoms with Crippen LogP contribution in [0.15, 0.2) is 46.8 Å². The number of esters is 2. The second-order valence-electron chi connectivity index (χ2n) is 10.7. The molecule has 0 radical (unpaired) electrons. The molecule has 0 bridgehead atoms. The summed E-state index contributed by atoms with van der Waals surface area (Å²) in [6.45, 7) is 15.9. The minimum Gasteiger partial charge on any atom is -0.466 e. The lowest BCUT2D eigenvalue weighted by Crippen LogP contribution is -2.37. The topological polar surface area (TPSA) is 108 Å². The molecule has 1 heterocycles. The summed E-state index contributed by atoms with van der Waals surface area (Å²) in [5.41, 5.74) is 1.45. The van der Waals surface area contributed by atoms with Gasteiger partial charge in [0.1, 0.15) is 0 Å². The van der Waals surface area contributed by atoms with Crippen molar-refractivity contribution in [2.75, 3.05) is 12.5 Å². The van der Waals surface area contributed by atoms with Crippen molar-refractivity contribution in [1.29, 1.82) is 0 Å². The Morgan fingerprint density at radius 3 is 1.73 bits per heavy atom. The van der Waals surface area contributed by atoms with E-state index in [2.05, 4.69) is 44.6 Å². The van der Waals surface area contributed by atoms with Gasteiger partial charge in [-0.15, -0.1) is 0 Å². The third-order valence-corrected chi connectivity index (χ3v) is 6.94. The highest BCUT2D eigenvalue weighted by atomic mass is 28.3. The highest BCUT2D eigenvalue weighted by Gasteiger charge is 2.41. The number of ether oxygens (including phenoxy) is 2. The normalized spacial score (nSPS) is 15.3. The molecule has 1 N–H and O–H groups in total. The smallest absolute Gasteiger partial charge is 0.336 e. The van der Waals surface area contributed by atoms with Crippen molar-refractivity contribution in [2.24, 2.45) is 0 Å². The number of nitro benzene ring substituents is 1. The molecule has 10 heteroatoms. The fourth-order valence-corrected chi connectivity index (χ4v) is 4.59. The maximum atomic E-state index is 13.3. The number of hydrogen-bond donors (Lipinski definition) is 1. The molecule has 0 aromatic heterocycles. The van der Waals surface area contributed by atoms with E-state index in [0.717, 1.165) is 0 Å². The number of para-hydroxylation sites is 1. The van der Waals surface area contributed by atoms with E-state index in [1.54, 1.807) is 32.0 Å². The molecule has 1 aromatic rings. The molecule has 0 atom stereocenters. The van der Waals surface area contributed by atoms with Gasteiger partial charge in [0.05, 0.1) is 50.6 Å². The van der Waals surface area contributed by atoms with Crippen molar-refractivity contribution in [3.63, 3.8) is 0 Å². The van der Waals surface area contributed by atoms with Gasteiger partial charge in [-0.2, -0.15) is 0 Å². The Kier molecular flexibility index (Phi) is 8.07. The van der Waals surface area contributed by atoms with E-state index in [-0.39, 0.29) is 22.4 Å². The van der Waals surface area contributed by atoms with E-state index in [1.165, 1.54) is 6.07 Å². The zero-order valence-electron chi connectivity index (χ0n) is 20.7. The van der Waals surface area contributed by atoms with Gasteiger partial charge in [0, 0.05) is 23.0 Å². The van der Waals surface area contributed by atoms with Crippen LogP contribution >= 0.6 is 0 Å². The van der Waals surface area contributed by atoms with Crippen molar-refractivity contribution in [1.82, 2.24) is 5.32 Å².